The lowest BCUT2D eigenvalue weighted by molar-refractivity contribution is -0.00518. The zero-order chi connectivity index (χ0) is 26.7. The van der Waals surface area contributed by atoms with Crippen molar-refractivity contribution in [1.29, 1.82) is 5.26 Å². The van der Waals surface area contributed by atoms with Crippen molar-refractivity contribution in [2.45, 2.75) is 43.9 Å². The normalized spacial score (nSPS) is 24.7. The molecule has 4 nitrogen and oxygen atoms in total. The van der Waals surface area contributed by atoms with E-state index in [-0.39, 0.29) is 0 Å². The summed E-state index contributed by atoms with van der Waals surface area (Å²) in [6.45, 7) is 0. The van der Waals surface area contributed by atoms with Crippen molar-refractivity contribution < 1.29 is 0 Å². The molecule has 0 atom stereocenters. The highest BCUT2D eigenvalue weighted by atomic mass is 15.0. The molecule has 0 saturated heterocycles. The second-order valence-corrected chi connectivity index (χ2v) is 12.3. The van der Waals surface area contributed by atoms with Crippen molar-refractivity contribution in [2.75, 3.05) is 0 Å². The lowest BCUT2D eigenvalue weighted by atomic mass is 9.48. The summed E-state index contributed by atoms with van der Waals surface area (Å²) in [5.41, 5.74) is 5.37. The fraction of sp³-hybridized carbons (Fsp3) is 0.278. The number of aromatic nitrogens is 3. The molecule has 0 aliphatic heterocycles. The van der Waals surface area contributed by atoms with E-state index < -0.39 is 0 Å². The molecule has 4 aromatic carbocycles. The Balaban J connectivity index is 1.22. The molecule has 4 heteroatoms. The van der Waals surface area contributed by atoms with E-state index in [9.17, 15) is 5.26 Å². The van der Waals surface area contributed by atoms with Gasteiger partial charge in [0.1, 0.15) is 0 Å². The van der Waals surface area contributed by atoms with Gasteiger partial charge in [-0.2, -0.15) is 5.26 Å². The second-order valence-electron chi connectivity index (χ2n) is 12.3. The maximum Gasteiger partial charge on any atom is 0.164 e. The molecule has 1 aromatic heterocycles. The van der Waals surface area contributed by atoms with Gasteiger partial charge in [0.15, 0.2) is 17.5 Å². The van der Waals surface area contributed by atoms with E-state index in [0.29, 0.717) is 28.5 Å². The van der Waals surface area contributed by atoms with Crippen LogP contribution in [0.3, 0.4) is 0 Å². The molecule has 0 radical (unpaired) electrons. The molecule has 40 heavy (non-hydrogen) atoms. The quantitative estimate of drug-likeness (QED) is 0.240. The Morgan fingerprint density at radius 2 is 1.18 bits per heavy atom. The Morgan fingerprint density at radius 1 is 0.600 bits per heavy atom. The van der Waals surface area contributed by atoms with Gasteiger partial charge in [-0.15, -0.1) is 0 Å². The first kappa shape index (κ1) is 23.5. The Hall–Kier alpha value is -4.36. The van der Waals surface area contributed by atoms with Gasteiger partial charge in [0.2, 0.25) is 0 Å². The van der Waals surface area contributed by atoms with Gasteiger partial charge in [0.25, 0.3) is 0 Å². The van der Waals surface area contributed by atoms with Crippen LogP contribution in [0.1, 0.15) is 49.7 Å². The van der Waals surface area contributed by atoms with Crippen LogP contribution in [-0.4, -0.2) is 15.0 Å². The number of benzene rings is 4. The molecule has 194 valence electrons. The minimum Gasteiger partial charge on any atom is -0.208 e. The third-order valence-corrected chi connectivity index (χ3v) is 9.72. The summed E-state index contributed by atoms with van der Waals surface area (Å²) in [4.78, 5) is 14.8. The van der Waals surface area contributed by atoms with Crippen LogP contribution in [0.25, 0.3) is 44.9 Å². The first-order chi connectivity index (χ1) is 19.7. The number of nitriles is 1. The average Bonchev–Trinajstić information content (AvgIpc) is 3.00. The molecule has 4 fully saturated rings. The molecule has 4 saturated carbocycles. The first-order valence-corrected chi connectivity index (χ1v) is 14.5. The van der Waals surface area contributed by atoms with Crippen molar-refractivity contribution in [3.05, 3.63) is 102 Å². The van der Waals surface area contributed by atoms with Gasteiger partial charge in [0, 0.05) is 22.1 Å². The SMILES string of the molecule is N#Cc1cccc2ccc(-c3nc(-c4ccccc4)nc(-c4ccc(C56CC7CC(CC(C7)C5)C6)cc4)n3)cc12. The third-order valence-electron chi connectivity index (χ3n) is 9.72. The van der Waals surface area contributed by atoms with Crippen molar-refractivity contribution in [3.63, 3.8) is 0 Å². The largest absolute Gasteiger partial charge is 0.208 e. The monoisotopic (exact) mass is 518 g/mol. The highest BCUT2D eigenvalue weighted by molar-refractivity contribution is 5.91. The molecule has 4 bridgehead atoms. The van der Waals surface area contributed by atoms with Crippen molar-refractivity contribution in [2.24, 2.45) is 17.8 Å². The Labute approximate surface area is 234 Å². The topological polar surface area (TPSA) is 62.5 Å². The molecule has 4 aliphatic carbocycles. The van der Waals surface area contributed by atoms with Gasteiger partial charge in [-0.05, 0) is 84.8 Å². The predicted octanol–water partition coefficient (Wildman–Crippen LogP) is 8.37. The van der Waals surface area contributed by atoms with Gasteiger partial charge in [-0.25, -0.2) is 15.0 Å². The zero-order valence-electron chi connectivity index (χ0n) is 22.4. The molecular formula is C36H30N4. The van der Waals surface area contributed by atoms with E-state index in [1.807, 2.05) is 66.7 Å². The first-order valence-electron chi connectivity index (χ1n) is 14.5. The van der Waals surface area contributed by atoms with E-state index >= 15 is 0 Å². The molecule has 0 N–H and O–H groups in total. The predicted molar refractivity (Wildman–Crippen MR) is 158 cm³/mol. The Kier molecular flexibility index (Phi) is 5.35. The molecule has 5 aromatic rings. The summed E-state index contributed by atoms with van der Waals surface area (Å²) in [6, 6.07) is 33.4. The van der Waals surface area contributed by atoms with Crippen LogP contribution in [0, 0.1) is 29.1 Å². The maximum atomic E-state index is 9.68. The van der Waals surface area contributed by atoms with E-state index in [1.54, 1.807) is 0 Å². The van der Waals surface area contributed by atoms with E-state index in [4.69, 9.17) is 15.0 Å². The third kappa shape index (κ3) is 3.92. The minimum absolute atomic E-state index is 0.371. The summed E-state index contributed by atoms with van der Waals surface area (Å²) >= 11 is 0. The van der Waals surface area contributed by atoms with Crippen LogP contribution in [0.5, 0.6) is 0 Å². The van der Waals surface area contributed by atoms with Gasteiger partial charge in [-0.3, -0.25) is 0 Å². The van der Waals surface area contributed by atoms with Crippen molar-refractivity contribution >= 4 is 10.8 Å². The van der Waals surface area contributed by atoms with Crippen LogP contribution >= 0.6 is 0 Å². The molecule has 9 rings (SSSR count). The lowest BCUT2D eigenvalue weighted by Gasteiger charge is -2.57. The second kappa shape index (κ2) is 9.10. The zero-order valence-corrected chi connectivity index (χ0v) is 22.4. The standard InChI is InChI=1S/C36H30N4/c37-22-30-8-4-7-26-9-10-29(18-32(26)30)35-39-33(27-5-2-1-3-6-27)38-34(40-35)28-11-13-31(14-12-28)36-19-23-15-24(20-36)17-25(16-23)21-36/h1-14,18,23-25H,15-17,19-21H2. The fourth-order valence-electron chi connectivity index (χ4n) is 8.30. The molecule has 0 spiro atoms. The smallest absolute Gasteiger partial charge is 0.164 e. The van der Waals surface area contributed by atoms with Gasteiger partial charge >= 0.3 is 0 Å². The van der Waals surface area contributed by atoms with Crippen molar-refractivity contribution in [3.8, 4) is 40.2 Å². The Bertz CT molecular complexity index is 1750. The number of fused-ring (bicyclic) bond motifs is 1. The number of hydrogen-bond donors (Lipinski definition) is 0. The summed E-state index contributed by atoms with van der Waals surface area (Å²) in [7, 11) is 0. The van der Waals surface area contributed by atoms with E-state index in [0.717, 1.165) is 45.2 Å². The lowest BCUT2D eigenvalue weighted by Crippen LogP contribution is -2.48. The maximum absolute atomic E-state index is 9.68. The molecule has 4 aliphatic rings. The summed E-state index contributed by atoms with van der Waals surface area (Å²) in [5, 5.41) is 11.6. The number of hydrogen-bond acceptors (Lipinski definition) is 4. The highest BCUT2D eigenvalue weighted by Crippen LogP contribution is 2.60. The van der Waals surface area contributed by atoms with Gasteiger partial charge in [0.05, 0.1) is 11.6 Å². The van der Waals surface area contributed by atoms with Gasteiger partial charge < -0.3 is 0 Å². The van der Waals surface area contributed by atoms with E-state index in [1.165, 1.54) is 44.1 Å². The number of nitrogens with zero attached hydrogens (tertiary/aromatic N) is 4. The van der Waals surface area contributed by atoms with Crippen LogP contribution < -0.4 is 0 Å². The summed E-state index contributed by atoms with van der Waals surface area (Å²) in [5.74, 6) is 4.72. The van der Waals surface area contributed by atoms with E-state index in [2.05, 4.69) is 30.3 Å². The minimum atomic E-state index is 0.371. The van der Waals surface area contributed by atoms with Crippen LogP contribution in [-0.2, 0) is 5.41 Å². The molecular weight excluding hydrogens is 488 g/mol. The highest BCUT2D eigenvalue weighted by Gasteiger charge is 2.51. The molecule has 1 heterocycles. The van der Waals surface area contributed by atoms with Gasteiger partial charge in [-0.1, -0.05) is 78.9 Å². The fourth-order valence-corrected chi connectivity index (χ4v) is 8.30. The van der Waals surface area contributed by atoms with Crippen LogP contribution in [0.2, 0.25) is 0 Å². The molecule has 0 amide bonds. The summed E-state index contributed by atoms with van der Waals surface area (Å²) < 4.78 is 0. The van der Waals surface area contributed by atoms with Crippen molar-refractivity contribution in [1.82, 2.24) is 15.0 Å². The summed E-state index contributed by atoms with van der Waals surface area (Å²) in [6.07, 6.45) is 8.45. The average molecular weight is 519 g/mol. The number of rotatable bonds is 4. The van der Waals surface area contributed by atoms with Crippen LogP contribution in [0.15, 0.2) is 91.0 Å². The Morgan fingerprint density at radius 3 is 1.80 bits per heavy atom. The van der Waals surface area contributed by atoms with Crippen LogP contribution in [0.4, 0.5) is 0 Å². The molecule has 0 unspecified atom stereocenters.